The molecule has 0 radical (unpaired) electrons. The number of thioether (sulfide) groups is 1. The fourth-order valence-corrected chi connectivity index (χ4v) is 4.89. The van der Waals surface area contributed by atoms with Gasteiger partial charge in [-0.1, -0.05) is 42.1 Å². The van der Waals surface area contributed by atoms with Crippen molar-refractivity contribution in [1.29, 1.82) is 0 Å². The van der Waals surface area contributed by atoms with Crippen LogP contribution in [0.1, 0.15) is 42.3 Å². The largest absolute Gasteiger partial charge is 0.342 e. The number of fused-ring (bicyclic) bond motifs is 1. The van der Waals surface area contributed by atoms with Crippen molar-refractivity contribution in [3.63, 3.8) is 0 Å². The second-order valence-corrected chi connectivity index (χ2v) is 9.54. The van der Waals surface area contributed by atoms with E-state index in [9.17, 15) is 4.79 Å². The Hall–Kier alpha value is -2.41. The monoisotopic (exact) mass is 423 g/mol. The summed E-state index contributed by atoms with van der Waals surface area (Å²) < 4.78 is 1.77. The number of aryl methyl sites for hydroxylation is 2. The van der Waals surface area contributed by atoms with Crippen molar-refractivity contribution in [3.05, 3.63) is 52.8 Å². The molecule has 6 nitrogen and oxygen atoms in total. The highest BCUT2D eigenvalue weighted by molar-refractivity contribution is 8.00. The van der Waals surface area contributed by atoms with Crippen molar-refractivity contribution in [2.45, 2.75) is 57.4 Å². The second kappa shape index (κ2) is 8.76. The van der Waals surface area contributed by atoms with Gasteiger partial charge in [0.1, 0.15) is 0 Å². The van der Waals surface area contributed by atoms with Gasteiger partial charge in [0, 0.05) is 24.5 Å². The van der Waals surface area contributed by atoms with Gasteiger partial charge < -0.3 is 4.90 Å². The maximum Gasteiger partial charge on any atom is 0.253 e. The first-order valence-corrected chi connectivity index (χ1v) is 11.5. The van der Waals surface area contributed by atoms with Gasteiger partial charge in [0.25, 0.3) is 5.78 Å². The smallest absolute Gasteiger partial charge is 0.253 e. The number of hydrogen-bond donors (Lipinski definition) is 0. The number of hydrogen-bond acceptors (Lipinski definition) is 5. The number of piperidine rings is 1. The van der Waals surface area contributed by atoms with Crippen LogP contribution in [0.4, 0.5) is 0 Å². The molecule has 0 N–H and O–H groups in total. The van der Waals surface area contributed by atoms with Crippen LogP contribution in [0.5, 0.6) is 0 Å². The Labute approximate surface area is 182 Å². The third kappa shape index (κ3) is 4.36. The molecule has 1 fully saturated rings. The van der Waals surface area contributed by atoms with Gasteiger partial charge in [-0.25, -0.2) is 9.50 Å². The molecule has 0 spiro atoms. The minimum absolute atomic E-state index is 0.175. The molecule has 1 unspecified atom stereocenters. The maximum atomic E-state index is 13.0. The predicted octanol–water partition coefficient (Wildman–Crippen LogP) is 4.01. The van der Waals surface area contributed by atoms with Gasteiger partial charge in [-0.2, -0.15) is 4.98 Å². The Kier molecular flexibility index (Phi) is 6.09. The Bertz CT molecular complexity index is 1040. The summed E-state index contributed by atoms with van der Waals surface area (Å²) in [5.41, 5.74) is 4.51. The average Bonchev–Trinajstić information content (AvgIpc) is 3.15. The first-order chi connectivity index (χ1) is 14.4. The highest BCUT2D eigenvalue weighted by atomic mass is 32.2. The lowest BCUT2D eigenvalue weighted by Gasteiger charge is -2.33. The fourth-order valence-electron chi connectivity index (χ4n) is 4.06. The number of benzene rings is 1. The number of carbonyl (C=O) groups excluding carboxylic acids is 1. The molecule has 1 amide bonds. The molecule has 1 aliphatic rings. The third-order valence-corrected chi connectivity index (χ3v) is 7.10. The zero-order valence-corrected chi connectivity index (χ0v) is 18.9. The van der Waals surface area contributed by atoms with Gasteiger partial charge >= 0.3 is 0 Å². The molecule has 3 aromatic rings. The van der Waals surface area contributed by atoms with Crippen LogP contribution in [-0.2, 0) is 11.2 Å². The van der Waals surface area contributed by atoms with Crippen LogP contribution in [0, 0.1) is 26.7 Å². The number of nitrogens with zero attached hydrogens (tertiary/aromatic N) is 5. The van der Waals surface area contributed by atoms with Gasteiger partial charge in [-0.3, -0.25) is 4.79 Å². The van der Waals surface area contributed by atoms with E-state index in [0.29, 0.717) is 16.9 Å². The van der Waals surface area contributed by atoms with E-state index in [1.165, 1.54) is 17.3 Å². The highest BCUT2D eigenvalue weighted by Gasteiger charge is 2.27. The van der Waals surface area contributed by atoms with Crippen LogP contribution in [0.25, 0.3) is 5.78 Å². The first-order valence-electron chi connectivity index (χ1n) is 10.6. The molecular formula is C23H29N5OS. The molecule has 1 atom stereocenters. The quantitative estimate of drug-likeness (QED) is 0.580. The summed E-state index contributed by atoms with van der Waals surface area (Å²) in [6.07, 6.45) is 3.22. The molecule has 30 heavy (non-hydrogen) atoms. The van der Waals surface area contributed by atoms with Crippen LogP contribution in [0.15, 0.2) is 35.5 Å². The third-order valence-electron chi connectivity index (χ3n) is 6.16. The van der Waals surface area contributed by atoms with Crippen molar-refractivity contribution in [2.24, 2.45) is 5.92 Å². The summed E-state index contributed by atoms with van der Waals surface area (Å²) in [7, 11) is 0. The summed E-state index contributed by atoms with van der Waals surface area (Å²) >= 11 is 1.42. The Morgan fingerprint density at radius 1 is 1.13 bits per heavy atom. The topological polar surface area (TPSA) is 63.4 Å². The van der Waals surface area contributed by atoms with Crippen LogP contribution >= 0.6 is 11.8 Å². The molecule has 7 heteroatoms. The normalized spacial score (nSPS) is 16.2. The van der Waals surface area contributed by atoms with E-state index in [-0.39, 0.29) is 11.2 Å². The molecule has 0 bridgehead atoms. The van der Waals surface area contributed by atoms with Crippen LogP contribution < -0.4 is 0 Å². The van der Waals surface area contributed by atoms with Gasteiger partial charge in [-0.15, -0.1) is 5.10 Å². The number of rotatable bonds is 5. The van der Waals surface area contributed by atoms with E-state index in [1.54, 1.807) is 4.52 Å². The summed E-state index contributed by atoms with van der Waals surface area (Å²) in [6.45, 7) is 9.66. The van der Waals surface area contributed by atoms with Crippen molar-refractivity contribution < 1.29 is 4.79 Å². The van der Waals surface area contributed by atoms with Crippen molar-refractivity contribution in [2.75, 3.05) is 13.1 Å². The fraction of sp³-hybridized carbons (Fsp3) is 0.478. The lowest BCUT2D eigenvalue weighted by atomic mass is 9.90. The summed E-state index contributed by atoms with van der Waals surface area (Å²) in [4.78, 5) is 24.0. The maximum absolute atomic E-state index is 13.0. The van der Waals surface area contributed by atoms with Gasteiger partial charge in [-0.05, 0) is 64.0 Å². The van der Waals surface area contributed by atoms with Crippen molar-refractivity contribution in [1.82, 2.24) is 24.5 Å². The highest BCUT2D eigenvalue weighted by Crippen LogP contribution is 2.26. The Balaban J connectivity index is 1.35. The zero-order valence-electron chi connectivity index (χ0n) is 18.1. The summed E-state index contributed by atoms with van der Waals surface area (Å²) in [6, 6.07) is 10.6. The van der Waals surface area contributed by atoms with E-state index in [2.05, 4.69) is 45.4 Å². The van der Waals surface area contributed by atoms with E-state index >= 15 is 0 Å². The molecule has 0 aliphatic carbocycles. The number of likely N-dealkylation sites (tertiary alicyclic amines) is 1. The lowest BCUT2D eigenvalue weighted by Crippen LogP contribution is -2.42. The minimum atomic E-state index is -0.212. The summed E-state index contributed by atoms with van der Waals surface area (Å²) in [5, 5.41) is 4.97. The van der Waals surface area contributed by atoms with Crippen LogP contribution in [-0.4, -0.2) is 48.7 Å². The van der Waals surface area contributed by atoms with E-state index in [4.69, 9.17) is 0 Å². The van der Waals surface area contributed by atoms with Crippen LogP contribution in [0.2, 0.25) is 0 Å². The molecule has 158 valence electrons. The number of amides is 1. The minimum Gasteiger partial charge on any atom is -0.342 e. The van der Waals surface area contributed by atoms with E-state index in [0.717, 1.165) is 49.3 Å². The molecular weight excluding hydrogens is 394 g/mol. The SMILES string of the molecule is Cc1nc2nc(SC(C)C(=O)N3CCC(Cc4ccccc4)CC3)nn2c(C)c1C. The average molecular weight is 424 g/mol. The molecule has 1 aliphatic heterocycles. The molecule has 1 saturated heterocycles. The Morgan fingerprint density at radius 3 is 2.53 bits per heavy atom. The lowest BCUT2D eigenvalue weighted by molar-refractivity contribution is -0.131. The standard InChI is InChI=1S/C23H29N5OS/c1-15-16(2)24-22-25-23(26-28(22)17(15)3)30-18(4)21(29)27-12-10-20(11-13-27)14-19-8-6-5-7-9-19/h5-9,18,20H,10-14H2,1-4H3. The molecule has 1 aromatic carbocycles. The summed E-state index contributed by atoms with van der Waals surface area (Å²) in [5.74, 6) is 1.42. The van der Waals surface area contributed by atoms with Crippen molar-refractivity contribution in [3.8, 4) is 0 Å². The van der Waals surface area contributed by atoms with Crippen molar-refractivity contribution >= 4 is 23.4 Å². The predicted molar refractivity (Wildman–Crippen MR) is 120 cm³/mol. The van der Waals surface area contributed by atoms with Gasteiger partial charge in [0.05, 0.1) is 5.25 Å². The van der Waals surface area contributed by atoms with Gasteiger partial charge in [0.2, 0.25) is 11.1 Å². The second-order valence-electron chi connectivity index (χ2n) is 8.23. The van der Waals surface area contributed by atoms with Gasteiger partial charge in [0.15, 0.2) is 0 Å². The van der Waals surface area contributed by atoms with E-state index in [1.807, 2.05) is 32.6 Å². The molecule has 0 saturated carbocycles. The van der Waals surface area contributed by atoms with Crippen LogP contribution in [0.3, 0.4) is 0 Å². The Morgan fingerprint density at radius 2 is 1.83 bits per heavy atom. The number of carbonyl (C=O) groups is 1. The molecule has 4 rings (SSSR count). The zero-order chi connectivity index (χ0) is 21.3. The molecule has 2 aromatic heterocycles. The number of aromatic nitrogens is 4. The van der Waals surface area contributed by atoms with E-state index < -0.39 is 0 Å². The first kappa shape index (κ1) is 20.8. The molecule has 3 heterocycles.